The van der Waals surface area contributed by atoms with Gasteiger partial charge in [0.05, 0.1) is 0 Å². The van der Waals surface area contributed by atoms with Crippen LogP contribution in [0.2, 0.25) is 0 Å². The lowest BCUT2D eigenvalue weighted by Crippen LogP contribution is -2.00. The summed E-state index contributed by atoms with van der Waals surface area (Å²) in [4.78, 5) is 12.8. The van der Waals surface area contributed by atoms with Crippen molar-refractivity contribution in [2.45, 2.75) is 0 Å². The molecule has 0 radical (unpaired) electrons. The van der Waals surface area contributed by atoms with E-state index in [9.17, 15) is 9.90 Å². The van der Waals surface area contributed by atoms with Crippen LogP contribution < -0.4 is 10.2 Å². The van der Waals surface area contributed by atoms with Gasteiger partial charge < -0.3 is 9.84 Å². The van der Waals surface area contributed by atoms with Gasteiger partial charge in [0, 0.05) is 20.2 Å². The second-order valence-corrected chi connectivity index (χ2v) is 8.66. The monoisotopic (exact) mass is 420 g/mol. The van der Waals surface area contributed by atoms with Gasteiger partial charge in [-0.25, -0.2) is 0 Å². The van der Waals surface area contributed by atoms with Crippen LogP contribution in [0.15, 0.2) is 95.8 Å². The molecule has 3 nitrogen and oxygen atoms in total. The van der Waals surface area contributed by atoms with E-state index in [0.717, 1.165) is 25.9 Å². The molecule has 148 valence electrons. The van der Waals surface area contributed by atoms with Crippen molar-refractivity contribution in [3.05, 3.63) is 101 Å². The number of hydrogen-bond acceptors (Lipinski definition) is 4. The highest BCUT2D eigenvalue weighted by atomic mass is 32.1. The highest BCUT2D eigenvalue weighted by Crippen LogP contribution is 2.33. The molecule has 0 aliphatic carbocycles. The summed E-state index contributed by atoms with van der Waals surface area (Å²) in [5.74, 6) is 1.56. The van der Waals surface area contributed by atoms with E-state index in [1.54, 1.807) is 18.2 Å². The van der Waals surface area contributed by atoms with E-state index in [1.807, 2.05) is 42.5 Å². The second-order valence-electron chi connectivity index (χ2n) is 7.58. The van der Waals surface area contributed by atoms with Crippen molar-refractivity contribution in [2.75, 3.05) is 0 Å². The number of ether oxygens (including phenoxy) is 1. The smallest absolute Gasteiger partial charge is 0.195 e. The van der Waals surface area contributed by atoms with Gasteiger partial charge in [0.2, 0.25) is 0 Å². The molecule has 6 aromatic rings. The summed E-state index contributed by atoms with van der Waals surface area (Å²) in [6.07, 6.45) is 0. The number of hydrogen-bond donors (Lipinski definition) is 1. The molecule has 1 N–H and O–H groups in total. The molecule has 1 aromatic heterocycles. The summed E-state index contributed by atoms with van der Waals surface area (Å²) in [5, 5.41) is 15.7. The molecule has 0 unspecified atom stereocenters. The van der Waals surface area contributed by atoms with Gasteiger partial charge in [-0.05, 0) is 82.2 Å². The van der Waals surface area contributed by atoms with Crippen LogP contribution in [0.1, 0.15) is 0 Å². The number of phenols is 1. The van der Waals surface area contributed by atoms with E-state index in [4.69, 9.17) is 4.74 Å². The molecular weight excluding hydrogens is 404 g/mol. The molecule has 0 fully saturated rings. The van der Waals surface area contributed by atoms with Crippen molar-refractivity contribution in [1.82, 2.24) is 0 Å². The van der Waals surface area contributed by atoms with Crippen LogP contribution in [0.25, 0.3) is 41.7 Å². The Balaban J connectivity index is 1.43. The highest BCUT2D eigenvalue weighted by Gasteiger charge is 2.09. The topological polar surface area (TPSA) is 46.5 Å². The molecule has 0 saturated heterocycles. The molecule has 0 saturated carbocycles. The third-order valence-electron chi connectivity index (χ3n) is 5.54. The molecule has 0 spiro atoms. The third kappa shape index (κ3) is 3.09. The van der Waals surface area contributed by atoms with Gasteiger partial charge in [-0.15, -0.1) is 11.3 Å². The van der Waals surface area contributed by atoms with Crippen molar-refractivity contribution in [1.29, 1.82) is 0 Å². The average Bonchev–Trinajstić information content (AvgIpc) is 2.77. The summed E-state index contributed by atoms with van der Waals surface area (Å²) in [7, 11) is 0. The van der Waals surface area contributed by atoms with Gasteiger partial charge in [-0.1, -0.05) is 30.3 Å². The quantitative estimate of drug-likeness (QED) is 0.301. The van der Waals surface area contributed by atoms with Crippen LogP contribution in [-0.2, 0) is 0 Å². The number of aromatic hydroxyl groups is 1. The minimum atomic E-state index is -0.0344. The van der Waals surface area contributed by atoms with E-state index in [0.29, 0.717) is 16.5 Å². The molecular formula is C27H16O3S. The fourth-order valence-electron chi connectivity index (χ4n) is 4.00. The lowest BCUT2D eigenvalue weighted by atomic mass is 10.0. The first-order valence-corrected chi connectivity index (χ1v) is 10.8. The maximum absolute atomic E-state index is 12.8. The Labute approximate surface area is 181 Å². The zero-order chi connectivity index (χ0) is 20.9. The minimum Gasteiger partial charge on any atom is -0.508 e. The fraction of sp³-hybridized carbons (Fsp3) is 0. The molecule has 31 heavy (non-hydrogen) atoms. The maximum atomic E-state index is 12.8. The van der Waals surface area contributed by atoms with Crippen LogP contribution in [-0.4, -0.2) is 5.11 Å². The fourth-order valence-corrected chi connectivity index (χ4v) is 5.14. The van der Waals surface area contributed by atoms with Crippen molar-refractivity contribution in [3.63, 3.8) is 0 Å². The van der Waals surface area contributed by atoms with E-state index in [2.05, 4.69) is 30.3 Å². The predicted octanol–water partition coefficient (Wildman–Crippen LogP) is 7.22. The van der Waals surface area contributed by atoms with Crippen molar-refractivity contribution in [2.24, 2.45) is 0 Å². The van der Waals surface area contributed by atoms with Crippen molar-refractivity contribution >= 4 is 53.1 Å². The summed E-state index contributed by atoms with van der Waals surface area (Å²) in [6.45, 7) is 0. The van der Waals surface area contributed by atoms with E-state index >= 15 is 0 Å². The summed E-state index contributed by atoms with van der Waals surface area (Å²) < 4.78 is 7.72. The Morgan fingerprint density at radius 3 is 2.03 bits per heavy atom. The SMILES string of the molecule is O=c1c2ccc(O)cc2sc2cc(Oc3ccc4cc5ccccc5cc4c3)ccc12. The molecule has 0 aliphatic heterocycles. The highest BCUT2D eigenvalue weighted by molar-refractivity contribution is 7.24. The largest absolute Gasteiger partial charge is 0.508 e. The van der Waals surface area contributed by atoms with Gasteiger partial charge in [-0.2, -0.15) is 0 Å². The molecule has 1 heterocycles. The van der Waals surface area contributed by atoms with Gasteiger partial charge in [0.15, 0.2) is 5.43 Å². The van der Waals surface area contributed by atoms with Crippen LogP contribution in [0.3, 0.4) is 0 Å². The molecule has 0 aliphatic rings. The maximum Gasteiger partial charge on any atom is 0.195 e. The standard InChI is InChI=1S/C27H16O3S/c28-20-6-9-23-25(14-20)31-26-15-22(8-10-24(26)27(23)29)30-21-7-5-18-11-16-3-1-2-4-17(16)12-19(18)13-21/h1-15,28H. The van der Waals surface area contributed by atoms with Crippen molar-refractivity contribution < 1.29 is 9.84 Å². The van der Waals surface area contributed by atoms with E-state index < -0.39 is 0 Å². The first-order chi connectivity index (χ1) is 15.1. The van der Waals surface area contributed by atoms with Crippen LogP contribution in [0.5, 0.6) is 17.2 Å². The minimum absolute atomic E-state index is 0.0344. The predicted molar refractivity (Wildman–Crippen MR) is 129 cm³/mol. The Morgan fingerprint density at radius 1 is 0.613 bits per heavy atom. The summed E-state index contributed by atoms with van der Waals surface area (Å²) >= 11 is 1.47. The van der Waals surface area contributed by atoms with Crippen LogP contribution >= 0.6 is 11.3 Å². The first-order valence-electron chi connectivity index (χ1n) is 9.94. The Hall–Kier alpha value is -3.89. The van der Waals surface area contributed by atoms with Crippen LogP contribution in [0.4, 0.5) is 0 Å². The Kier molecular flexibility index (Phi) is 3.95. The normalized spacial score (nSPS) is 11.5. The summed E-state index contributed by atoms with van der Waals surface area (Å²) in [5.41, 5.74) is -0.0344. The zero-order valence-corrected chi connectivity index (χ0v) is 17.1. The molecule has 5 aromatic carbocycles. The average molecular weight is 420 g/mol. The molecule has 0 bridgehead atoms. The number of phenolic OH excluding ortho intramolecular Hbond substituents is 1. The molecule has 6 rings (SSSR count). The molecule has 0 atom stereocenters. The van der Waals surface area contributed by atoms with Gasteiger partial charge >= 0.3 is 0 Å². The molecule has 4 heteroatoms. The first kappa shape index (κ1) is 17.9. The lowest BCUT2D eigenvalue weighted by molar-refractivity contribution is 0.476. The van der Waals surface area contributed by atoms with Crippen molar-refractivity contribution in [3.8, 4) is 17.2 Å². The van der Waals surface area contributed by atoms with Gasteiger partial charge in [-0.3, -0.25) is 4.79 Å². The van der Waals surface area contributed by atoms with Gasteiger partial charge in [0.1, 0.15) is 17.2 Å². The van der Waals surface area contributed by atoms with Gasteiger partial charge in [0.25, 0.3) is 0 Å². The third-order valence-corrected chi connectivity index (χ3v) is 6.65. The second kappa shape index (κ2) is 6.83. The number of benzene rings is 5. The van der Waals surface area contributed by atoms with E-state index in [-0.39, 0.29) is 11.2 Å². The Bertz CT molecular complexity index is 1700. The number of rotatable bonds is 2. The molecule has 0 amide bonds. The van der Waals surface area contributed by atoms with E-state index in [1.165, 1.54) is 22.1 Å². The lowest BCUT2D eigenvalue weighted by Gasteiger charge is -2.09. The number of fused-ring (bicyclic) bond motifs is 4. The summed E-state index contributed by atoms with van der Waals surface area (Å²) in [6, 6.07) is 29.1. The zero-order valence-electron chi connectivity index (χ0n) is 16.3. The Morgan fingerprint density at radius 2 is 1.23 bits per heavy atom. The van der Waals surface area contributed by atoms with Crippen LogP contribution in [0, 0.1) is 0 Å².